The summed E-state index contributed by atoms with van der Waals surface area (Å²) in [6, 6.07) is 1.51. The predicted octanol–water partition coefficient (Wildman–Crippen LogP) is 1.54. The van der Waals surface area contributed by atoms with Crippen molar-refractivity contribution in [2.45, 2.75) is 45.1 Å². The van der Waals surface area contributed by atoms with Crippen LogP contribution in [-0.2, 0) is 10.0 Å². The lowest BCUT2D eigenvalue weighted by molar-refractivity contribution is -0.386. The van der Waals surface area contributed by atoms with Gasteiger partial charge in [-0.05, 0) is 46.2 Å². The summed E-state index contributed by atoms with van der Waals surface area (Å²) in [5.74, 6) is 0. The molecular weight excluding hydrogens is 294 g/mol. The lowest BCUT2D eigenvalue weighted by atomic mass is 10.1. The van der Waals surface area contributed by atoms with E-state index in [1.54, 1.807) is 27.7 Å². The quantitative estimate of drug-likeness (QED) is 0.631. The second-order valence-corrected chi connectivity index (χ2v) is 7.59. The maximum Gasteiger partial charge on any atom is 0.276 e. The van der Waals surface area contributed by atoms with E-state index >= 15 is 0 Å². The standard InChI is InChI=1S/C13H21N3O4S/c1-8-6-9(2)12(10(3)11(8)16(17)18)21(19,20)15-7-13(4,5)14/h6,15H,7,14H2,1-5H3. The van der Waals surface area contributed by atoms with Crippen LogP contribution in [0.25, 0.3) is 0 Å². The summed E-state index contributed by atoms with van der Waals surface area (Å²) in [6.07, 6.45) is 0. The van der Waals surface area contributed by atoms with Crippen molar-refractivity contribution in [2.24, 2.45) is 5.73 Å². The van der Waals surface area contributed by atoms with E-state index in [1.807, 2.05) is 0 Å². The van der Waals surface area contributed by atoms with E-state index < -0.39 is 20.5 Å². The van der Waals surface area contributed by atoms with Crippen molar-refractivity contribution in [3.8, 4) is 0 Å². The SMILES string of the molecule is Cc1cc(C)c(S(=O)(=O)NCC(C)(C)N)c(C)c1[N+](=O)[O-]. The molecule has 21 heavy (non-hydrogen) atoms. The number of hydrogen-bond acceptors (Lipinski definition) is 5. The minimum Gasteiger partial charge on any atom is -0.324 e. The monoisotopic (exact) mass is 315 g/mol. The first kappa shape index (κ1) is 17.5. The van der Waals surface area contributed by atoms with Gasteiger partial charge in [-0.25, -0.2) is 13.1 Å². The van der Waals surface area contributed by atoms with E-state index in [-0.39, 0.29) is 22.7 Å². The number of nitro groups is 1. The van der Waals surface area contributed by atoms with Crippen LogP contribution in [0.3, 0.4) is 0 Å². The topological polar surface area (TPSA) is 115 Å². The molecule has 0 aliphatic carbocycles. The lowest BCUT2D eigenvalue weighted by Crippen LogP contribution is -2.45. The van der Waals surface area contributed by atoms with E-state index in [2.05, 4.69) is 4.72 Å². The first-order chi connectivity index (χ1) is 9.37. The Balaban J connectivity index is 3.43. The summed E-state index contributed by atoms with van der Waals surface area (Å²) in [4.78, 5) is 10.5. The van der Waals surface area contributed by atoms with Gasteiger partial charge in [-0.15, -0.1) is 0 Å². The highest BCUT2D eigenvalue weighted by Gasteiger charge is 2.28. The molecule has 1 aromatic carbocycles. The summed E-state index contributed by atoms with van der Waals surface area (Å²) in [7, 11) is -3.86. The van der Waals surface area contributed by atoms with Crippen molar-refractivity contribution in [1.29, 1.82) is 0 Å². The average molecular weight is 315 g/mol. The predicted molar refractivity (Wildman–Crippen MR) is 80.8 cm³/mol. The number of nitrogens with one attached hydrogen (secondary N) is 1. The van der Waals surface area contributed by atoms with Crippen LogP contribution in [0, 0.1) is 30.9 Å². The van der Waals surface area contributed by atoms with Gasteiger partial charge in [0.25, 0.3) is 5.69 Å². The summed E-state index contributed by atoms with van der Waals surface area (Å²) < 4.78 is 27.2. The smallest absolute Gasteiger partial charge is 0.276 e. The Labute approximate surface area is 124 Å². The number of aryl methyl sites for hydroxylation is 2. The number of rotatable bonds is 5. The van der Waals surface area contributed by atoms with Gasteiger partial charge in [0, 0.05) is 23.2 Å². The van der Waals surface area contributed by atoms with E-state index in [4.69, 9.17) is 5.73 Å². The van der Waals surface area contributed by atoms with Gasteiger partial charge in [0.15, 0.2) is 0 Å². The summed E-state index contributed by atoms with van der Waals surface area (Å²) in [6.45, 7) is 8.06. The van der Waals surface area contributed by atoms with Crippen molar-refractivity contribution >= 4 is 15.7 Å². The van der Waals surface area contributed by atoms with Gasteiger partial charge >= 0.3 is 0 Å². The van der Waals surface area contributed by atoms with Gasteiger partial charge < -0.3 is 5.73 Å². The molecule has 0 unspecified atom stereocenters. The molecule has 0 spiro atoms. The molecule has 0 bridgehead atoms. The number of sulfonamides is 1. The molecule has 0 aromatic heterocycles. The van der Waals surface area contributed by atoms with E-state index in [1.165, 1.54) is 13.0 Å². The van der Waals surface area contributed by atoms with Crippen LogP contribution >= 0.6 is 0 Å². The lowest BCUT2D eigenvalue weighted by Gasteiger charge is -2.20. The zero-order chi connectivity index (χ0) is 16.6. The minimum atomic E-state index is -3.86. The molecule has 1 rings (SSSR count). The van der Waals surface area contributed by atoms with Crippen molar-refractivity contribution < 1.29 is 13.3 Å². The molecule has 0 heterocycles. The highest BCUT2D eigenvalue weighted by molar-refractivity contribution is 7.89. The Bertz CT molecular complexity index is 676. The van der Waals surface area contributed by atoms with Crippen LogP contribution in [0.5, 0.6) is 0 Å². The highest BCUT2D eigenvalue weighted by Crippen LogP contribution is 2.31. The molecule has 0 amide bonds. The highest BCUT2D eigenvalue weighted by atomic mass is 32.2. The van der Waals surface area contributed by atoms with E-state index in [0.29, 0.717) is 11.1 Å². The molecule has 0 atom stereocenters. The fourth-order valence-corrected chi connectivity index (χ4v) is 3.89. The molecule has 118 valence electrons. The minimum absolute atomic E-state index is 0.0376. The van der Waals surface area contributed by atoms with Gasteiger partial charge in [0.2, 0.25) is 10.0 Å². The molecule has 0 saturated heterocycles. The van der Waals surface area contributed by atoms with Gasteiger partial charge in [0.1, 0.15) is 0 Å². The molecule has 3 N–H and O–H groups in total. The molecule has 0 fully saturated rings. The molecule has 0 radical (unpaired) electrons. The van der Waals surface area contributed by atoms with E-state index in [0.717, 1.165) is 0 Å². The molecular formula is C13H21N3O4S. The Morgan fingerprint density at radius 2 is 1.81 bits per heavy atom. The van der Waals surface area contributed by atoms with Crippen molar-refractivity contribution in [1.82, 2.24) is 4.72 Å². The molecule has 8 heteroatoms. The third-order valence-electron chi connectivity index (χ3n) is 3.03. The Kier molecular flexibility index (Phi) is 4.76. The van der Waals surface area contributed by atoms with Crippen LogP contribution in [0.2, 0.25) is 0 Å². The van der Waals surface area contributed by atoms with Crippen molar-refractivity contribution in [2.75, 3.05) is 6.54 Å². The second kappa shape index (κ2) is 5.70. The molecule has 0 aliphatic heterocycles. The summed E-state index contributed by atoms with van der Waals surface area (Å²) in [5, 5.41) is 11.1. The molecule has 0 aliphatic rings. The Morgan fingerprint density at radius 3 is 2.24 bits per heavy atom. The fraction of sp³-hybridized carbons (Fsp3) is 0.538. The van der Waals surface area contributed by atoms with Crippen LogP contribution in [0.1, 0.15) is 30.5 Å². The normalized spacial score (nSPS) is 12.5. The van der Waals surface area contributed by atoms with Gasteiger partial charge in [-0.1, -0.05) is 0 Å². The van der Waals surface area contributed by atoms with Crippen LogP contribution < -0.4 is 10.5 Å². The molecule has 0 saturated carbocycles. The number of nitrogens with two attached hydrogens (primary N) is 1. The molecule has 1 aromatic rings. The first-order valence-corrected chi connectivity index (χ1v) is 7.89. The second-order valence-electron chi connectivity index (χ2n) is 5.88. The zero-order valence-corrected chi connectivity index (χ0v) is 13.7. The largest absolute Gasteiger partial charge is 0.324 e. The third-order valence-corrected chi connectivity index (χ3v) is 4.72. The van der Waals surface area contributed by atoms with Crippen LogP contribution in [-0.4, -0.2) is 25.4 Å². The van der Waals surface area contributed by atoms with Crippen molar-refractivity contribution in [3.63, 3.8) is 0 Å². The van der Waals surface area contributed by atoms with Gasteiger partial charge in [-0.2, -0.15) is 0 Å². The number of hydrogen-bond donors (Lipinski definition) is 2. The van der Waals surface area contributed by atoms with E-state index in [9.17, 15) is 18.5 Å². The van der Waals surface area contributed by atoms with Crippen LogP contribution in [0.15, 0.2) is 11.0 Å². The zero-order valence-electron chi connectivity index (χ0n) is 12.9. The third kappa shape index (κ3) is 3.99. The molecule has 7 nitrogen and oxygen atoms in total. The first-order valence-electron chi connectivity index (χ1n) is 6.40. The maximum absolute atomic E-state index is 12.4. The van der Waals surface area contributed by atoms with Gasteiger partial charge in [0.05, 0.1) is 9.82 Å². The Hall–Kier alpha value is -1.51. The summed E-state index contributed by atoms with van der Waals surface area (Å²) in [5.41, 5.74) is 5.92. The fourth-order valence-electron chi connectivity index (χ4n) is 2.21. The van der Waals surface area contributed by atoms with Crippen molar-refractivity contribution in [3.05, 3.63) is 32.9 Å². The number of benzene rings is 1. The van der Waals surface area contributed by atoms with Gasteiger partial charge in [-0.3, -0.25) is 10.1 Å². The number of nitrogens with zero attached hydrogens (tertiary/aromatic N) is 1. The Morgan fingerprint density at radius 1 is 1.29 bits per heavy atom. The van der Waals surface area contributed by atoms with Crippen LogP contribution in [0.4, 0.5) is 5.69 Å². The summed E-state index contributed by atoms with van der Waals surface area (Å²) >= 11 is 0. The average Bonchev–Trinajstić information content (AvgIpc) is 2.23. The number of nitro benzene ring substituents is 1. The maximum atomic E-state index is 12.4.